The maximum absolute atomic E-state index is 13.9. The quantitative estimate of drug-likeness (QED) is 0.634. The van der Waals surface area contributed by atoms with Gasteiger partial charge >= 0.3 is 0 Å². The summed E-state index contributed by atoms with van der Waals surface area (Å²) in [7, 11) is 1.52. The molecule has 1 fully saturated rings. The third-order valence-electron chi connectivity index (χ3n) is 5.62. The number of hydrogen-bond acceptors (Lipinski definition) is 6. The first kappa shape index (κ1) is 22.3. The Morgan fingerprint density at radius 1 is 1.12 bits per heavy atom. The van der Waals surface area contributed by atoms with E-state index in [0.29, 0.717) is 29.5 Å². The molecule has 1 aliphatic heterocycles. The highest BCUT2D eigenvalue weighted by Gasteiger charge is 2.31. The number of nitrogens with one attached hydrogen (secondary N) is 1. The fraction of sp³-hybridized carbons (Fsp3) is 0.292. The minimum Gasteiger partial charge on any atom is -0.481 e. The van der Waals surface area contributed by atoms with E-state index in [2.05, 4.69) is 20.3 Å². The zero-order valence-corrected chi connectivity index (χ0v) is 18.4. The van der Waals surface area contributed by atoms with E-state index in [4.69, 9.17) is 4.74 Å². The Kier molecular flexibility index (Phi) is 6.58. The maximum Gasteiger partial charge on any atom is 0.259 e. The van der Waals surface area contributed by atoms with Crippen LogP contribution in [0.4, 0.5) is 10.1 Å². The molecule has 33 heavy (non-hydrogen) atoms. The number of anilines is 1. The van der Waals surface area contributed by atoms with Gasteiger partial charge in [-0.15, -0.1) is 0 Å². The van der Waals surface area contributed by atoms with E-state index in [1.165, 1.54) is 31.6 Å². The number of benzene rings is 1. The number of methoxy groups -OCH3 is 1. The molecule has 2 amide bonds. The molecule has 3 heterocycles. The number of amides is 2. The van der Waals surface area contributed by atoms with Crippen molar-refractivity contribution in [2.45, 2.75) is 32.2 Å². The Labute approximate surface area is 190 Å². The molecule has 0 radical (unpaired) electrons. The first-order valence-corrected chi connectivity index (χ1v) is 10.7. The van der Waals surface area contributed by atoms with Crippen LogP contribution in [0.25, 0.3) is 0 Å². The predicted octanol–water partition coefficient (Wildman–Crippen LogP) is 3.95. The average molecular weight is 449 g/mol. The van der Waals surface area contributed by atoms with Crippen molar-refractivity contribution in [1.82, 2.24) is 19.9 Å². The maximum atomic E-state index is 13.9. The Morgan fingerprint density at radius 3 is 2.64 bits per heavy atom. The highest BCUT2D eigenvalue weighted by atomic mass is 19.1. The van der Waals surface area contributed by atoms with E-state index >= 15 is 0 Å². The molecule has 2 aromatic heterocycles. The molecule has 1 atom stereocenters. The van der Waals surface area contributed by atoms with Crippen molar-refractivity contribution in [1.29, 1.82) is 0 Å². The molecule has 0 unspecified atom stereocenters. The van der Waals surface area contributed by atoms with Crippen LogP contribution >= 0.6 is 0 Å². The van der Waals surface area contributed by atoms with Crippen LogP contribution in [0.15, 0.2) is 48.8 Å². The van der Waals surface area contributed by atoms with Gasteiger partial charge in [-0.25, -0.2) is 19.3 Å². The number of halogens is 1. The van der Waals surface area contributed by atoms with Gasteiger partial charge in [-0.05, 0) is 44.4 Å². The minimum absolute atomic E-state index is 0.0862. The third-order valence-corrected chi connectivity index (χ3v) is 5.62. The summed E-state index contributed by atoms with van der Waals surface area (Å²) in [6.45, 7) is 2.28. The Bertz CT molecular complexity index is 1170. The summed E-state index contributed by atoms with van der Waals surface area (Å²) < 4.78 is 18.9. The summed E-state index contributed by atoms with van der Waals surface area (Å²) in [6.07, 6.45) is 5.46. The zero-order chi connectivity index (χ0) is 23.4. The number of hydrogen-bond donors (Lipinski definition) is 1. The van der Waals surface area contributed by atoms with Crippen molar-refractivity contribution in [3.05, 3.63) is 77.3 Å². The van der Waals surface area contributed by atoms with Gasteiger partial charge in [0.1, 0.15) is 5.82 Å². The van der Waals surface area contributed by atoms with Crippen LogP contribution < -0.4 is 10.1 Å². The molecular weight excluding hydrogens is 425 g/mol. The molecule has 0 spiro atoms. The molecule has 3 aromatic rings. The number of rotatable bonds is 5. The van der Waals surface area contributed by atoms with Gasteiger partial charge < -0.3 is 15.0 Å². The van der Waals surface area contributed by atoms with E-state index in [1.54, 1.807) is 36.1 Å². The number of aryl methyl sites for hydroxylation is 1. The fourth-order valence-corrected chi connectivity index (χ4v) is 3.86. The minimum atomic E-state index is -0.523. The number of carbonyl (C=O) groups excluding carboxylic acids is 2. The number of pyridine rings is 1. The fourth-order valence-electron chi connectivity index (χ4n) is 3.86. The van der Waals surface area contributed by atoms with Gasteiger partial charge in [-0.1, -0.05) is 12.1 Å². The van der Waals surface area contributed by atoms with Gasteiger partial charge in [-0.2, -0.15) is 0 Å². The second-order valence-electron chi connectivity index (χ2n) is 7.76. The van der Waals surface area contributed by atoms with E-state index in [9.17, 15) is 14.0 Å². The SMILES string of the molecule is COc1ccc(C(=O)N2CCCC[C@@H]2c2ncc(C(=O)Nc3ccccc3F)c(C)n2)cn1. The molecular formula is C24H24FN5O3. The number of piperidine rings is 1. The Hall–Kier alpha value is -3.88. The second kappa shape index (κ2) is 9.72. The van der Waals surface area contributed by atoms with E-state index in [1.807, 2.05) is 0 Å². The van der Waals surface area contributed by atoms with Crippen molar-refractivity contribution in [3.8, 4) is 5.88 Å². The highest BCUT2D eigenvalue weighted by Crippen LogP contribution is 2.30. The monoisotopic (exact) mass is 449 g/mol. The van der Waals surface area contributed by atoms with Gasteiger partial charge in [0.05, 0.1) is 35.7 Å². The summed E-state index contributed by atoms with van der Waals surface area (Å²) >= 11 is 0. The number of likely N-dealkylation sites (tertiary alicyclic amines) is 1. The average Bonchev–Trinajstić information content (AvgIpc) is 2.85. The molecule has 8 nitrogen and oxygen atoms in total. The molecule has 1 saturated heterocycles. The Morgan fingerprint density at radius 2 is 1.94 bits per heavy atom. The van der Waals surface area contributed by atoms with Gasteiger partial charge in [-0.3, -0.25) is 9.59 Å². The summed E-state index contributed by atoms with van der Waals surface area (Å²) in [6, 6.07) is 8.96. The largest absolute Gasteiger partial charge is 0.481 e. The number of ether oxygens (including phenoxy) is 1. The molecule has 0 aliphatic carbocycles. The van der Waals surface area contributed by atoms with Crippen LogP contribution in [-0.4, -0.2) is 45.3 Å². The van der Waals surface area contributed by atoms with E-state index < -0.39 is 11.7 Å². The van der Waals surface area contributed by atoms with Crippen LogP contribution in [0.2, 0.25) is 0 Å². The van der Waals surface area contributed by atoms with Crippen LogP contribution in [0, 0.1) is 12.7 Å². The lowest BCUT2D eigenvalue weighted by Gasteiger charge is -2.35. The van der Waals surface area contributed by atoms with Gasteiger partial charge in [0.15, 0.2) is 5.82 Å². The predicted molar refractivity (Wildman–Crippen MR) is 120 cm³/mol. The molecule has 1 aromatic carbocycles. The molecule has 170 valence electrons. The van der Waals surface area contributed by atoms with Gasteiger partial charge in [0, 0.05) is 25.0 Å². The van der Waals surface area contributed by atoms with Crippen molar-refractivity contribution < 1.29 is 18.7 Å². The topological polar surface area (TPSA) is 97.3 Å². The zero-order valence-electron chi connectivity index (χ0n) is 18.4. The summed E-state index contributed by atoms with van der Waals surface area (Å²) in [4.78, 5) is 40.6. The number of carbonyl (C=O) groups is 2. The first-order chi connectivity index (χ1) is 16.0. The number of para-hydroxylation sites is 1. The van der Waals surface area contributed by atoms with E-state index in [0.717, 1.165) is 19.3 Å². The van der Waals surface area contributed by atoms with Gasteiger partial charge in [0.2, 0.25) is 5.88 Å². The van der Waals surface area contributed by atoms with Crippen LogP contribution in [0.3, 0.4) is 0 Å². The van der Waals surface area contributed by atoms with Gasteiger partial charge in [0.25, 0.3) is 11.8 Å². The lowest BCUT2D eigenvalue weighted by Crippen LogP contribution is -2.39. The standard InChI is InChI=1S/C24H24FN5O3/c1-15-17(23(31)29-19-8-4-3-7-18(19)25)14-27-22(28-15)20-9-5-6-12-30(20)24(32)16-10-11-21(33-2)26-13-16/h3-4,7-8,10-11,13-14,20H,5-6,9,12H2,1-2H3,(H,29,31)/t20-/m1/s1. The van der Waals surface area contributed by atoms with Crippen LogP contribution in [0.5, 0.6) is 5.88 Å². The molecule has 4 rings (SSSR count). The smallest absolute Gasteiger partial charge is 0.259 e. The molecule has 0 saturated carbocycles. The molecule has 1 aliphatic rings. The Balaban J connectivity index is 1.55. The normalized spacial score (nSPS) is 15.7. The number of aromatic nitrogens is 3. The molecule has 0 bridgehead atoms. The van der Waals surface area contributed by atoms with E-state index in [-0.39, 0.29) is 23.2 Å². The van der Waals surface area contributed by atoms with Crippen molar-refractivity contribution >= 4 is 17.5 Å². The van der Waals surface area contributed by atoms with Crippen molar-refractivity contribution in [2.24, 2.45) is 0 Å². The molecule has 1 N–H and O–H groups in total. The lowest BCUT2D eigenvalue weighted by atomic mass is 10.00. The summed E-state index contributed by atoms with van der Waals surface area (Å²) in [5.41, 5.74) is 1.25. The summed E-state index contributed by atoms with van der Waals surface area (Å²) in [5, 5.41) is 2.55. The lowest BCUT2D eigenvalue weighted by molar-refractivity contribution is 0.0598. The molecule has 9 heteroatoms. The summed E-state index contributed by atoms with van der Waals surface area (Å²) in [5.74, 6) is -0.262. The van der Waals surface area contributed by atoms with Crippen molar-refractivity contribution in [3.63, 3.8) is 0 Å². The van der Waals surface area contributed by atoms with Crippen LogP contribution in [-0.2, 0) is 0 Å². The van der Waals surface area contributed by atoms with Crippen LogP contribution in [0.1, 0.15) is 57.5 Å². The second-order valence-corrected chi connectivity index (χ2v) is 7.76. The highest BCUT2D eigenvalue weighted by molar-refractivity contribution is 6.04. The third kappa shape index (κ3) is 4.82. The first-order valence-electron chi connectivity index (χ1n) is 10.7. The van der Waals surface area contributed by atoms with Crippen molar-refractivity contribution in [2.75, 3.05) is 19.0 Å². The number of nitrogens with zero attached hydrogens (tertiary/aromatic N) is 4.